The molecule has 3 aromatic carbocycles. The van der Waals surface area contributed by atoms with Crippen molar-refractivity contribution < 1.29 is 33.4 Å². The van der Waals surface area contributed by atoms with E-state index in [1.54, 1.807) is 49.4 Å². The van der Waals surface area contributed by atoms with E-state index in [1.807, 2.05) is 0 Å². The lowest BCUT2D eigenvalue weighted by atomic mass is 10.1. The van der Waals surface area contributed by atoms with Gasteiger partial charge in [-0.1, -0.05) is 23.7 Å². The number of nitrogens with zero attached hydrogens (tertiary/aromatic N) is 1. The summed E-state index contributed by atoms with van der Waals surface area (Å²) in [4.78, 5) is 52.0. The zero-order valence-corrected chi connectivity index (χ0v) is 22.2. The van der Waals surface area contributed by atoms with Gasteiger partial charge >= 0.3 is 5.97 Å². The van der Waals surface area contributed by atoms with Crippen LogP contribution in [0, 0.1) is 6.92 Å². The van der Waals surface area contributed by atoms with Gasteiger partial charge in [-0.25, -0.2) is 9.69 Å². The van der Waals surface area contributed by atoms with E-state index in [0.717, 1.165) is 4.90 Å². The number of anilines is 3. The van der Waals surface area contributed by atoms with Gasteiger partial charge in [0.15, 0.2) is 0 Å². The van der Waals surface area contributed by atoms with Crippen LogP contribution in [0.15, 0.2) is 71.4 Å². The molecule has 10 nitrogen and oxygen atoms in total. The van der Waals surface area contributed by atoms with Crippen molar-refractivity contribution in [3.63, 3.8) is 0 Å². The van der Waals surface area contributed by atoms with Crippen molar-refractivity contribution in [3.8, 4) is 11.5 Å². The summed E-state index contributed by atoms with van der Waals surface area (Å²) in [5.74, 6) is -1.69. The molecule has 0 saturated carbocycles. The third-order valence-electron chi connectivity index (χ3n) is 5.96. The van der Waals surface area contributed by atoms with Gasteiger partial charge in [-0.05, 0) is 55.0 Å². The molecule has 0 spiro atoms. The maximum absolute atomic E-state index is 13.3. The van der Waals surface area contributed by atoms with Crippen molar-refractivity contribution in [2.75, 3.05) is 36.9 Å². The number of rotatable bonds is 8. The third kappa shape index (κ3) is 5.41. The number of benzene rings is 3. The number of nitrogens with one attached hydrogen (secondary N) is 2. The summed E-state index contributed by atoms with van der Waals surface area (Å²) in [5.41, 5.74) is 2.07. The highest BCUT2D eigenvalue weighted by Gasteiger charge is 2.40. The third-order valence-corrected chi connectivity index (χ3v) is 6.31. The van der Waals surface area contributed by atoms with E-state index < -0.39 is 23.7 Å². The number of ether oxygens (including phenoxy) is 3. The Bertz CT molecular complexity index is 1530. The number of halogens is 1. The van der Waals surface area contributed by atoms with Gasteiger partial charge in [0.25, 0.3) is 17.7 Å². The normalized spacial score (nSPS) is 12.9. The zero-order chi connectivity index (χ0) is 28.3. The number of imide groups is 1. The molecule has 0 bridgehead atoms. The summed E-state index contributed by atoms with van der Waals surface area (Å²) >= 11 is 6.31. The highest BCUT2D eigenvalue weighted by atomic mass is 35.5. The Morgan fingerprint density at radius 2 is 1.64 bits per heavy atom. The molecule has 3 aromatic rings. The Morgan fingerprint density at radius 3 is 2.33 bits per heavy atom. The zero-order valence-electron chi connectivity index (χ0n) is 21.5. The molecular formula is C28H24ClN3O7. The maximum Gasteiger partial charge on any atom is 0.337 e. The molecule has 200 valence electrons. The summed E-state index contributed by atoms with van der Waals surface area (Å²) in [6.45, 7) is 1.77. The number of hydrogen-bond acceptors (Lipinski definition) is 8. The van der Waals surface area contributed by atoms with E-state index in [2.05, 4.69) is 10.6 Å². The number of carbonyl (C=O) groups is 4. The molecule has 1 heterocycles. The van der Waals surface area contributed by atoms with Crippen molar-refractivity contribution in [1.82, 2.24) is 0 Å². The van der Waals surface area contributed by atoms with Gasteiger partial charge in [-0.2, -0.15) is 0 Å². The number of esters is 1. The Balaban J connectivity index is 1.58. The summed E-state index contributed by atoms with van der Waals surface area (Å²) in [6, 6.07) is 15.8. The van der Waals surface area contributed by atoms with Gasteiger partial charge < -0.3 is 24.8 Å². The molecule has 11 heteroatoms. The second kappa shape index (κ2) is 11.3. The van der Waals surface area contributed by atoms with Crippen LogP contribution in [0.2, 0.25) is 0 Å². The second-order valence-electron chi connectivity index (χ2n) is 8.35. The molecule has 1 aliphatic rings. The molecule has 1 aliphatic heterocycles. The minimum atomic E-state index is -0.732. The van der Waals surface area contributed by atoms with Crippen LogP contribution >= 0.6 is 11.6 Å². The molecule has 0 radical (unpaired) electrons. The fourth-order valence-electron chi connectivity index (χ4n) is 3.88. The van der Waals surface area contributed by atoms with Gasteiger partial charge in [-0.15, -0.1) is 0 Å². The lowest BCUT2D eigenvalue weighted by Crippen LogP contribution is -2.32. The molecule has 0 fully saturated rings. The molecule has 0 saturated heterocycles. The predicted octanol–water partition coefficient (Wildman–Crippen LogP) is 4.49. The standard InChI is InChI=1S/C28H24ClN3O7/c1-15-8-9-16(25(33)30-18-7-5-6-17(12-18)28(36)39-4)13-20(15)31-24-23(29)26(34)32(27(24)35)21-11-10-19(37-2)14-22(21)38-3/h5-14,31H,1-4H3,(H,30,33). The number of aryl methyl sites for hydroxylation is 1. The molecule has 0 unspecified atom stereocenters. The number of amides is 3. The molecule has 0 atom stereocenters. The Morgan fingerprint density at radius 1 is 0.872 bits per heavy atom. The van der Waals surface area contributed by atoms with E-state index >= 15 is 0 Å². The minimum Gasteiger partial charge on any atom is -0.497 e. The van der Waals surface area contributed by atoms with Crippen LogP contribution in [0.1, 0.15) is 26.3 Å². The van der Waals surface area contributed by atoms with E-state index in [4.69, 9.17) is 25.8 Å². The molecular weight excluding hydrogens is 526 g/mol. The van der Waals surface area contributed by atoms with Crippen molar-refractivity contribution in [3.05, 3.63) is 88.1 Å². The van der Waals surface area contributed by atoms with Gasteiger partial charge in [0, 0.05) is 23.0 Å². The van der Waals surface area contributed by atoms with Crippen LogP contribution in [0.4, 0.5) is 17.1 Å². The highest BCUT2D eigenvalue weighted by Crippen LogP contribution is 2.38. The van der Waals surface area contributed by atoms with Crippen molar-refractivity contribution >= 4 is 52.4 Å². The maximum atomic E-state index is 13.3. The van der Waals surface area contributed by atoms with Gasteiger partial charge in [-0.3, -0.25) is 14.4 Å². The van der Waals surface area contributed by atoms with Crippen molar-refractivity contribution in [1.29, 1.82) is 0 Å². The topological polar surface area (TPSA) is 123 Å². The second-order valence-corrected chi connectivity index (χ2v) is 8.73. The molecule has 0 aromatic heterocycles. The minimum absolute atomic E-state index is 0.147. The molecule has 0 aliphatic carbocycles. The summed E-state index contributed by atoms with van der Waals surface area (Å²) in [5, 5.41) is 5.33. The van der Waals surface area contributed by atoms with Crippen LogP contribution in [0.5, 0.6) is 11.5 Å². The van der Waals surface area contributed by atoms with Crippen LogP contribution in [0.25, 0.3) is 0 Å². The number of hydrogen-bond donors (Lipinski definition) is 2. The first kappa shape index (κ1) is 27.2. The largest absolute Gasteiger partial charge is 0.497 e. The van der Waals surface area contributed by atoms with Crippen molar-refractivity contribution in [2.45, 2.75) is 6.92 Å². The monoisotopic (exact) mass is 549 g/mol. The predicted molar refractivity (Wildman–Crippen MR) is 145 cm³/mol. The molecule has 2 N–H and O–H groups in total. The SMILES string of the molecule is COC(=O)c1cccc(NC(=O)c2ccc(C)c(NC3=C(Cl)C(=O)N(c4ccc(OC)cc4OC)C3=O)c2)c1. The summed E-state index contributed by atoms with van der Waals surface area (Å²) < 4.78 is 15.2. The molecule has 3 amide bonds. The Labute approximate surface area is 229 Å². The number of carbonyl (C=O) groups excluding carboxylic acids is 4. The summed E-state index contributed by atoms with van der Waals surface area (Å²) in [6.07, 6.45) is 0. The smallest absolute Gasteiger partial charge is 0.337 e. The first-order valence-corrected chi connectivity index (χ1v) is 11.9. The first-order valence-electron chi connectivity index (χ1n) is 11.6. The molecule has 39 heavy (non-hydrogen) atoms. The fraction of sp³-hybridized carbons (Fsp3) is 0.143. The van der Waals surface area contributed by atoms with Gasteiger partial charge in [0.2, 0.25) is 0 Å². The number of methoxy groups -OCH3 is 3. The van der Waals surface area contributed by atoms with Crippen LogP contribution in [-0.2, 0) is 14.3 Å². The van der Waals surface area contributed by atoms with Crippen LogP contribution in [0.3, 0.4) is 0 Å². The van der Waals surface area contributed by atoms with E-state index in [0.29, 0.717) is 22.7 Å². The first-order chi connectivity index (χ1) is 18.7. The van der Waals surface area contributed by atoms with Gasteiger partial charge in [0.1, 0.15) is 22.2 Å². The summed E-state index contributed by atoms with van der Waals surface area (Å²) in [7, 11) is 4.16. The van der Waals surface area contributed by atoms with E-state index in [-0.39, 0.29) is 33.3 Å². The van der Waals surface area contributed by atoms with Crippen molar-refractivity contribution in [2.24, 2.45) is 0 Å². The average Bonchev–Trinajstić information content (AvgIpc) is 3.15. The molecule has 4 rings (SSSR count). The Kier molecular flexibility index (Phi) is 7.87. The lowest BCUT2D eigenvalue weighted by molar-refractivity contribution is -0.120. The quantitative estimate of drug-likeness (QED) is 0.311. The lowest BCUT2D eigenvalue weighted by Gasteiger charge is -2.19. The van der Waals surface area contributed by atoms with E-state index in [1.165, 1.54) is 39.5 Å². The Hall–Kier alpha value is -4.83. The van der Waals surface area contributed by atoms with E-state index in [9.17, 15) is 19.2 Å². The fourth-order valence-corrected chi connectivity index (χ4v) is 4.09. The van der Waals surface area contributed by atoms with Gasteiger partial charge in [0.05, 0.1) is 32.6 Å². The van der Waals surface area contributed by atoms with Crippen LogP contribution < -0.4 is 25.0 Å². The highest BCUT2D eigenvalue weighted by molar-refractivity contribution is 6.53. The average molecular weight is 550 g/mol. The van der Waals surface area contributed by atoms with Crippen LogP contribution in [-0.4, -0.2) is 45.0 Å².